The van der Waals surface area contributed by atoms with Gasteiger partial charge in [-0.25, -0.2) is 14.4 Å². The van der Waals surface area contributed by atoms with Crippen molar-refractivity contribution in [2.45, 2.75) is 0 Å². The number of thiophene rings is 1. The summed E-state index contributed by atoms with van der Waals surface area (Å²) in [7, 11) is 3.25. The van der Waals surface area contributed by atoms with E-state index in [0.717, 1.165) is 11.1 Å². The highest BCUT2D eigenvalue weighted by Crippen LogP contribution is 2.34. The average Bonchev–Trinajstić information content (AvgIpc) is 3.02. The molecule has 4 aromatic rings. The van der Waals surface area contributed by atoms with Gasteiger partial charge in [0.15, 0.2) is 5.82 Å². The second kappa shape index (κ2) is 5.82. The molecule has 0 fully saturated rings. The van der Waals surface area contributed by atoms with Crippen LogP contribution in [0.4, 0.5) is 10.1 Å². The zero-order chi connectivity index (χ0) is 17.6. The molecule has 0 atom stereocenters. The number of halogens is 1. The number of benzene rings is 1. The van der Waals surface area contributed by atoms with Gasteiger partial charge in [-0.2, -0.15) is 0 Å². The molecule has 0 aliphatic heterocycles. The first-order valence-corrected chi connectivity index (χ1v) is 8.26. The van der Waals surface area contributed by atoms with Crippen molar-refractivity contribution in [1.29, 1.82) is 0 Å². The van der Waals surface area contributed by atoms with E-state index in [0.29, 0.717) is 20.8 Å². The SMILES string of the molecule is CNc1ccnc2sc3c(=O)n(-c4ccc(OC)cc4F)cnc3c12. The van der Waals surface area contributed by atoms with Gasteiger partial charge in [0.05, 0.1) is 23.7 Å². The topological polar surface area (TPSA) is 69.0 Å². The smallest absolute Gasteiger partial charge is 0.276 e. The van der Waals surface area contributed by atoms with Crippen LogP contribution in [0.2, 0.25) is 0 Å². The van der Waals surface area contributed by atoms with Gasteiger partial charge in [-0.3, -0.25) is 9.36 Å². The monoisotopic (exact) mass is 356 g/mol. The van der Waals surface area contributed by atoms with Gasteiger partial charge in [0.1, 0.15) is 21.6 Å². The van der Waals surface area contributed by atoms with E-state index >= 15 is 0 Å². The number of fused-ring (bicyclic) bond motifs is 3. The minimum atomic E-state index is -0.558. The van der Waals surface area contributed by atoms with Crippen LogP contribution in [0.15, 0.2) is 41.6 Å². The molecular weight excluding hydrogens is 343 g/mol. The predicted octanol–water partition coefficient (Wildman–Crippen LogP) is 3.18. The molecule has 6 nitrogen and oxygen atoms in total. The largest absolute Gasteiger partial charge is 0.497 e. The Morgan fingerprint density at radius 1 is 1.28 bits per heavy atom. The van der Waals surface area contributed by atoms with E-state index in [1.165, 1.54) is 41.5 Å². The lowest BCUT2D eigenvalue weighted by Crippen LogP contribution is -2.18. The number of hydrogen-bond donors (Lipinski definition) is 1. The second-order valence-electron chi connectivity index (χ2n) is 5.31. The summed E-state index contributed by atoms with van der Waals surface area (Å²) in [5, 5.41) is 3.88. The highest BCUT2D eigenvalue weighted by atomic mass is 32.1. The van der Waals surface area contributed by atoms with Crippen LogP contribution in [0, 0.1) is 5.82 Å². The molecule has 1 N–H and O–H groups in total. The van der Waals surface area contributed by atoms with Crippen LogP contribution in [0.1, 0.15) is 0 Å². The zero-order valence-corrected chi connectivity index (χ0v) is 14.2. The van der Waals surface area contributed by atoms with Crippen molar-refractivity contribution in [3.63, 3.8) is 0 Å². The first kappa shape index (κ1) is 15.5. The number of nitrogens with one attached hydrogen (secondary N) is 1. The minimum Gasteiger partial charge on any atom is -0.497 e. The number of anilines is 1. The lowest BCUT2D eigenvalue weighted by Gasteiger charge is -2.08. The fourth-order valence-electron chi connectivity index (χ4n) is 2.74. The zero-order valence-electron chi connectivity index (χ0n) is 13.4. The van der Waals surface area contributed by atoms with Gasteiger partial charge in [0.2, 0.25) is 0 Å². The summed E-state index contributed by atoms with van der Waals surface area (Å²) in [5.41, 5.74) is 1.20. The Morgan fingerprint density at radius 2 is 2.12 bits per heavy atom. The second-order valence-corrected chi connectivity index (χ2v) is 6.30. The predicted molar refractivity (Wildman–Crippen MR) is 96.6 cm³/mol. The molecule has 0 unspecified atom stereocenters. The van der Waals surface area contributed by atoms with Gasteiger partial charge in [-0.15, -0.1) is 11.3 Å². The third-order valence-electron chi connectivity index (χ3n) is 3.97. The van der Waals surface area contributed by atoms with Gasteiger partial charge in [-0.05, 0) is 18.2 Å². The summed E-state index contributed by atoms with van der Waals surface area (Å²) in [6.07, 6.45) is 3.01. The molecule has 0 radical (unpaired) electrons. The molecule has 8 heteroatoms. The summed E-state index contributed by atoms with van der Waals surface area (Å²) < 4.78 is 21.0. The summed E-state index contributed by atoms with van der Waals surface area (Å²) in [5.74, 6) is -0.175. The molecule has 25 heavy (non-hydrogen) atoms. The fraction of sp³-hybridized carbons (Fsp3) is 0.118. The van der Waals surface area contributed by atoms with Gasteiger partial charge >= 0.3 is 0 Å². The lowest BCUT2D eigenvalue weighted by molar-refractivity contribution is 0.411. The van der Waals surface area contributed by atoms with Crippen molar-refractivity contribution < 1.29 is 9.13 Å². The molecule has 126 valence electrons. The van der Waals surface area contributed by atoms with Gasteiger partial charge < -0.3 is 10.1 Å². The van der Waals surface area contributed by atoms with Crippen molar-refractivity contribution >= 4 is 37.5 Å². The van der Waals surface area contributed by atoms with Gasteiger partial charge in [-0.1, -0.05) is 0 Å². The molecule has 0 aliphatic rings. The first-order chi connectivity index (χ1) is 12.1. The maximum atomic E-state index is 14.3. The van der Waals surface area contributed by atoms with E-state index in [1.807, 2.05) is 6.07 Å². The molecule has 1 aromatic carbocycles. The Balaban J connectivity index is 2.01. The molecule has 0 aliphatic carbocycles. The molecule has 3 heterocycles. The van der Waals surface area contributed by atoms with Crippen molar-refractivity contribution in [1.82, 2.24) is 14.5 Å². The molecular formula is C17H13FN4O2S. The number of nitrogens with zero attached hydrogens (tertiary/aromatic N) is 3. The summed E-state index contributed by atoms with van der Waals surface area (Å²) >= 11 is 1.25. The maximum Gasteiger partial charge on any atom is 0.276 e. The molecule has 0 saturated carbocycles. The van der Waals surface area contributed by atoms with E-state index < -0.39 is 5.82 Å². The third kappa shape index (κ3) is 2.33. The molecule has 4 rings (SSSR count). The van der Waals surface area contributed by atoms with E-state index in [-0.39, 0.29) is 11.2 Å². The summed E-state index contributed by atoms with van der Waals surface area (Å²) in [6.45, 7) is 0. The van der Waals surface area contributed by atoms with Crippen LogP contribution in [0.25, 0.3) is 26.1 Å². The summed E-state index contributed by atoms with van der Waals surface area (Å²) in [6, 6.07) is 6.15. The highest BCUT2D eigenvalue weighted by Gasteiger charge is 2.17. The number of hydrogen-bond acceptors (Lipinski definition) is 6. The number of ether oxygens (including phenoxy) is 1. The number of pyridine rings is 1. The van der Waals surface area contributed by atoms with Crippen LogP contribution in [0.3, 0.4) is 0 Å². The highest BCUT2D eigenvalue weighted by molar-refractivity contribution is 7.25. The van der Waals surface area contributed by atoms with Gasteiger partial charge in [0.25, 0.3) is 5.56 Å². The quantitative estimate of drug-likeness (QED) is 0.611. The van der Waals surface area contributed by atoms with E-state index in [2.05, 4.69) is 15.3 Å². The maximum absolute atomic E-state index is 14.3. The van der Waals surface area contributed by atoms with Crippen molar-refractivity contribution in [3.8, 4) is 11.4 Å². The molecule has 0 amide bonds. The number of methoxy groups -OCH3 is 1. The Hall–Kier alpha value is -3.00. The number of rotatable bonds is 3. The Bertz CT molecular complexity index is 1170. The van der Waals surface area contributed by atoms with Crippen molar-refractivity contribution in [3.05, 3.63) is 53.0 Å². The Kier molecular flexibility index (Phi) is 3.61. The lowest BCUT2D eigenvalue weighted by atomic mass is 10.2. The Morgan fingerprint density at radius 3 is 2.84 bits per heavy atom. The van der Waals surface area contributed by atoms with Crippen molar-refractivity contribution in [2.75, 3.05) is 19.5 Å². The van der Waals surface area contributed by atoms with Gasteiger partial charge in [0, 0.05) is 25.0 Å². The third-order valence-corrected chi connectivity index (χ3v) is 5.04. The van der Waals surface area contributed by atoms with E-state index in [9.17, 15) is 9.18 Å². The van der Waals surface area contributed by atoms with Crippen LogP contribution in [0.5, 0.6) is 5.75 Å². The van der Waals surface area contributed by atoms with Crippen LogP contribution >= 0.6 is 11.3 Å². The van der Waals surface area contributed by atoms with Crippen LogP contribution in [-0.2, 0) is 0 Å². The van der Waals surface area contributed by atoms with Crippen molar-refractivity contribution in [2.24, 2.45) is 0 Å². The standard InChI is InChI=1S/C17H13FN4O2S/c1-19-11-5-6-20-16-13(11)14-15(25-16)17(23)22(8-21-14)12-4-3-9(24-2)7-10(12)18/h3-8H,1-2H3,(H,19,20). The number of aromatic nitrogens is 3. The molecule has 3 aromatic heterocycles. The fourth-order valence-corrected chi connectivity index (χ4v) is 3.80. The molecule has 0 saturated heterocycles. The van der Waals surface area contributed by atoms with Crippen LogP contribution < -0.4 is 15.6 Å². The molecule has 0 spiro atoms. The Labute approximate surface area is 145 Å². The summed E-state index contributed by atoms with van der Waals surface area (Å²) in [4.78, 5) is 22.3. The average molecular weight is 356 g/mol. The minimum absolute atomic E-state index is 0.124. The molecule has 0 bridgehead atoms. The van der Waals surface area contributed by atoms with Crippen LogP contribution in [-0.4, -0.2) is 28.7 Å². The van der Waals surface area contributed by atoms with E-state index in [4.69, 9.17) is 4.74 Å². The first-order valence-electron chi connectivity index (χ1n) is 7.44. The normalized spacial score (nSPS) is 11.2. The van der Waals surface area contributed by atoms with E-state index in [1.54, 1.807) is 19.3 Å².